The van der Waals surface area contributed by atoms with E-state index in [1.807, 2.05) is 30.3 Å². The smallest absolute Gasteiger partial charge is 0.159 e. The number of hydrogen-bond acceptors (Lipinski definition) is 4. The van der Waals surface area contributed by atoms with Crippen molar-refractivity contribution in [3.63, 3.8) is 0 Å². The largest absolute Gasteiger partial charge is 0.395 e. The van der Waals surface area contributed by atoms with Crippen LogP contribution in [0.3, 0.4) is 0 Å². The van der Waals surface area contributed by atoms with E-state index in [-0.39, 0.29) is 6.61 Å². The lowest BCUT2D eigenvalue weighted by molar-refractivity contribution is 0.292. The van der Waals surface area contributed by atoms with Gasteiger partial charge in [0.05, 0.1) is 6.61 Å². The maximum absolute atomic E-state index is 8.64. The Labute approximate surface area is 100 Å². The summed E-state index contributed by atoms with van der Waals surface area (Å²) >= 11 is 0. The van der Waals surface area contributed by atoms with Crippen LogP contribution in [-0.4, -0.2) is 28.2 Å². The molecule has 4 heteroatoms. The maximum atomic E-state index is 8.64. The van der Waals surface area contributed by atoms with Crippen molar-refractivity contribution in [1.82, 2.24) is 15.3 Å². The van der Waals surface area contributed by atoms with Crippen LogP contribution in [0.15, 0.2) is 42.7 Å². The minimum absolute atomic E-state index is 0.142. The Morgan fingerprint density at radius 1 is 1.06 bits per heavy atom. The highest BCUT2D eigenvalue weighted by atomic mass is 16.3. The molecule has 0 amide bonds. The van der Waals surface area contributed by atoms with Crippen LogP contribution in [0.5, 0.6) is 0 Å². The molecule has 1 aromatic heterocycles. The lowest BCUT2D eigenvalue weighted by atomic mass is 10.2. The second-order valence-electron chi connectivity index (χ2n) is 3.68. The van der Waals surface area contributed by atoms with Gasteiger partial charge >= 0.3 is 0 Å². The van der Waals surface area contributed by atoms with E-state index >= 15 is 0 Å². The third kappa shape index (κ3) is 3.34. The van der Waals surface area contributed by atoms with Crippen LogP contribution in [0, 0.1) is 0 Å². The van der Waals surface area contributed by atoms with Crippen molar-refractivity contribution in [2.75, 3.05) is 13.2 Å². The highest BCUT2D eigenvalue weighted by Gasteiger charge is 2.00. The fourth-order valence-electron chi connectivity index (χ4n) is 1.49. The fourth-order valence-corrected chi connectivity index (χ4v) is 1.49. The number of hydrogen-bond donors (Lipinski definition) is 2. The van der Waals surface area contributed by atoms with Gasteiger partial charge in [-0.15, -0.1) is 0 Å². The zero-order valence-corrected chi connectivity index (χ0v) is 9.50. The van der Waals surface area contributed by atoms with Crippen molar-refractivity contribution in [1.29, 1.82) is 0 Å². The summed E-state index contributed by atoms with van der Waals surface area (Å²) in [5.74, 6) is 0.733. The van der Waals surface area contributed by atoms with Gasteiger partial charge in [0.25, 0.3) is 0 Å². The molecule has 2 rings (SSSR count). The van der Waals surface area contributed by atoms with Gasteiger partial charge in [-0.1, -0.05) is 30.3 Å². The summed E-state index contributed by atoms with van der Waals surface area (Å²) in [7, 11) is 0. The Balaban J connectivity index is 2.03. The number of aromatic nitrogens is 2. The Morgan fingerprint density at radius 3 is 2.41 bits per heavy atom. The van der Waals surface area contributed by atoms with E-state index in [4.69, 9.17) is 5.11 Å². The standard InChI is InChI=1S/C13H15N3O/c17-7-6-14-8-11-9-15-13(16-10-11)12-4-2-1-3-5-12/h1-5,9-10,14,17H,6-8H2. The number of rotatable bonds is 5. The van der Waals surface area contributed by atoms with Crippen molar-refractivity contribution in [3.05, 3.63) is 48.3 Å². The third-order valence-corrected chi connectivity index (χ3v) is 2.36. The molecule has 0 radical (unpaired) electrons. The van der Waals surface area contributed by atoms with E-state index in [0.717, 1.165) is 17.0 Å². The number of aliphatic hydroxyl groups excluding tert-OH is 1. The molecule has 0 spiro atoms. The summed E-state index contributed by atoms with van der Waals surface area (Å²) in [6, 6.07) is 9.87. The molecule has 2 aromatic rings. The minimum Gasteiger partial charge on any atom is -0.395 e. The lowest BCUT2D eigenvalue weighted by Gasteiger charge is -2.03. The number of aliphatic hydroxyl groups is 1. The van der Waals surface area contributed by atoms with E-state index in [1.165, 1.54) is 0 Å². The molecule has 2 N–H and O–H groups in total. The molecule has 0 atom stereocenters. The van der Waals surface area contributed by atoms with Crippen LogP contribution < -0.4 is 5.32 Å². The van der Waals surface area contributed by atoms with Crippen LogP contribution in [0.1, 0.15) is 5.56 Å². The predicted octanol–water partition coefficient (Wildman–Crippen LogP) is 1.23. The Bertz CT molecular complexity index is 442. The first-order valence-electron chi connectivity index (χ1n) is 5.58. The minimum atomic E-state index is 0.142. The van der Waals surface area contributed by atoms with Gasteiger partial charge in [0.1, 0.15) is 0 Å². The summed E-state index contributed by atoms with van der Waals surface area (Å²) in [6.45, 7) is 1.40. The second-order valence-corrected chi connectivity index (χ2v) is 3.68. The van der Waals surface area contributed by atoms with Crippen LogP contribution in [0.2, 0.25) is 0 Å². The molecule has 1 heterocycles. The van der Waals surface area contributed by atoms with Gasteiger partial charge in [-0.3, -0.25) is 0 Å². The monoisotopic (exact) mass is 229 g/mol. The Kier molecular flexibility index (Phi) is 4.18. The molecule has 0 aliphatic carbocycles. The maximum Gasteiger partial charge on any atom is 0.159 e. The lowest BCUT2D eigenvalue weighted by Crippen LogP contribution is -2.17. The summed E-state index contributed by atoms with van der Waals surface area (Å²) < 4.78 is 0. The molecule has 17 heavy (non-hydrogen) atoms. The van der Waals surface area contributed by atoms with Crippen molar-refractivity contribution in [3.8, 4) is 11.4 Å². The molecule has 88 valence electrons. The van der Waals surface area contributed by atoms with E-state index in [9.17, 15) is 0 Å². The first kappa shape index (κ1) is 11.7. The molecule has 0 bridgehead atoms. The molecule has 0 saturated carbocycles. The van der Waals surface area contributed by atoms with Crippen molar-refractivity contribution in [2.24, 2.45) is 0 Å². The molecular formula is C13H15N3O. The molecule has 0 saturated heterocycles. The first-order chi connectivity index (χ1) is 8.40. The average molecular weight is 229 g/mol. The van der Waals surface area contributed by atoms with E-state index < -0.39 is 0 Å². The quantitative estimate of drug-likeness (QED) is 0.757. The molecule has 0 unspecified atom stereocenters. The number of nitrogens with zero attached hydrogens (tertiary/aromatic N) is 2. The summed E-state index contributed by atoms with van der Waals surface area (Å²) in [6.07, 6.45) is 3.61. The van der Waals surface area contributed by atoms with Crippen LogP contribution >= 0.6 is 0 Å². The van der Waals surface area contributed by atoms with Gasteiger partial charge < -0.3 is 10.4 Å². The Hall–Kier alpha value is -1.78. The van der Waals surface area contributed by atoms with Crippen molar-refractivity contribution < 1.29 is 5.11 Å². The van der Waals surface area contributed by atoms with Gasteiger partial charge in [0.15, 0.2) is 5.82 Å². The summed E-state index contributed by atoms with van der Waals surface area (Å²) in [5.41, 5.74) is 2.03. The van der Waals surface area contributed by atoms with Crippen molar-refractivity contribution in [2.45, 2.75) is 6.54 Å². The molecular weight excluding hydrogens is 214 g/mol. The van der Waals surface area contributed by atoms with Gasteiger partial charge in [-0.25, -0.2) is 9.97 Å². The van der Waals surface area contributed by atoms with Crippen LogP contribution in [0.25, 0.3) is 11.4 Å². The van der Waals surface area contributed by atoms with Crippen LogP contribution in [-0.2, 0) is 6.54 Å². The van der Waals surface area contributed by atoms with Gasteiger partial charge in [0, 0.05) is 36.6 Å². The van der Waals surface area contributed by atoms with Crippen LogP contribution in [0.4, 0.5) is 0 Å². The first-order valence-corrected chi connectivity index (χ1v) is 5.58. The highest BCUT2D eigenvalue weighted by molar-refractivity contribution is 5.53. The summed E-state index contributed by atoms with van der Waals surface area (Å²) in [4.78, 5) is 8.63. The predicted molar refractivity (Wildman–Crippen MR) is 66.3 cm³/mol. The second kappa shape index (κ2) is 6.08. The van der Waals surface area contributed by atoms with Gasteiger partial charge in [0.2, 0.25) is 0 Å². The number of benzene rings is 1. The molecule has 0 aliphatic rings. The SMILES string of the molecule is OCCNCc1cnc(-c2ccccc2)nc1. The zero-order chi connectivity index (χ0) is 11.9. The van der Waals surface area contributed by atoms with Gasteiger partial charge in [-0.05, 0) is 0 Å². The third-order valence-electron chi connectivity index (χ3n) is 2.36. The summed E-state index contributed by atoms with van der Waals surface area (Å²) in [5, 5.41) is 11.7. The highest BCUT2D eigenvalue weighted by Crippen LogP contribution is 2.12. The zero-order valence-electron chi connectivity index (χ0n) is 9.50. The van der Waals surface area contributed by atoms with E-state index in [0.29, 0.717) is 13.1 Å². The molecule has 0 aliphatic heterocycles. The molecule has 0 fully saturated rings. The molecule has 1 aromatic carbocycles. The normalized spacial score (nSPS) is 10.4. The molecule has 4 nitrogen and oxygen atoms in total. The topological polar surface area (TPSA) is 58.0 Å². The van der Waals surface area contributed by atoms with Crippen molar-refractivity contribution >= 4 is 0 Å². The number of nitrogens with one attached hydrogen (secondary N) is 1. The van der Waals surface area contributed by atoms with Gasteiger partial charge in [-0.2, -0.15) is 0 Å². The van der Waals surface area contributed by atoms with E-state index in [1.54, 1.807) is 12.4 Å². The average Bonchev–Trinajstić information content (AvgIpc) is 2.41. The fraction of sp³-hybridized carbons (Fsp3) is 0.231. The van der Waals surface area contributed by atoms with E-state index in [2.05, 4.69) is 15.3 Å². The Morgan fingerprint density at radius 2 is 1.76 bits per heavy atom.